The number of halogens is 1. The summed E-state index contributed by atoms with van der Waals surface area (Å²) in [6.07, 6.45) is 0. The van der Waals surface area contributed by atoms with Crippen molar-refractivity contribution in [3.8, 4) is 0 Å². The third-order valence-corrected chi connectivity index (χ3v) is 4.69. The molecule has 0 radical (unpaired) electrons. The van der Waals surface area contributed by atoms with E-state index in [4.69, 9.17) is 17.3 Å². The summed E-state index contributed by atoms with van der Waals surface area (Å²) in [7, 11) is -2.14. The highest BCUT2D eigenvalue weighted by Gasteiger charge is 2.21. The van der Waals surface area contributed by atoms with Gasteiger partial charge in [0.1, 0.15) is 0 Å². The van der Waals surface area contributed by atoms with Gasteiger partial charge in [-0.3, -0.25) is 4.31 Å². The molecule has 0 heterocycles. The summed E-state index contributed by atoms with van der Waals surface area (Å²) in [6.45, 7) is 0. The van der Waals surface area contributed by atoms with Crippen molar-refractivity contribution in [2.45, 2.75) is 4.90 Å². The molecule has 0 saturated heterocycles. The highest BCUT2D eigenvalue weighted by Crippen LogP contribution is 2.27. The summed E-state index contributed by atoms with van der Waals surface area (Å²) in [5.74, 6) is 0. The smallest absolute Gasteiger partial charge is 0.264 e. The molecule has 2 aromatic rings. The molecule has 2 N–H and O–H groups in total. The largest absolute Gasteiger partial charge is 0.399 e. The minimum Gasteiger partial charge on any atom is -0.399 e. The van der Waals surface area contributed by atoms with Crippen molar-refractivity contribution < 1.29 is 8.42 Å². The van der Waals surface area contributed by atoms with E-state index in [0.29, 0.717) is 16.4 Å². The molecule has 0 aromatic heterocycles. The van der Waals surface area contributed by atoms with E-state index >= 15 is 0 Å². The van der Waals surface area contributed by atoms with Gasteiger partial charge in [0.15, 0.2) is 0 Å². The van der Waals surface area contributed by atoms with Crippen molar-refractivity contribution in [3.05, 3.63) is 53.6 Å². The van der Waals surface area contributed by atoms with Gasteiger partial charge in [-0.1, -0.05) is 29.8 Å². The molecule has 100 valence electrons. The predicted molar refractivity (Wildman–Crippen MR) is 77.9 cm³/mol. The Labute approximate surface area is 117 Å². The fraction of sp³-hybridized carbons (Fsp3) is 0.0769. The van der Waals surface area contributed by atoms with Crippen molar-refractivity contribution in [2.75, 3.05) is 17.1 Å². The van der Waals surface area contributed by atoms with E-state index in [-0.39, 0.29) is 4.90 Å². The van der Waals surface area contributed by atoms with Crippen molar-refractivity contribution in [2.24, 2.45) is 0 Å². The van der Waals surface area contributed by atoms with Crippen LogP contribution in [0.3, 0.4) is 0 Å². The van der Waals surface area contributed by atoms with Gasteiger partial charge in [-0.15, -0.1) is 0 Å². The number of nitrogens with two attached hydrogens (primary N) is 1. The van der Waals surface area contributed by atoms with E-state index in [1.54, 1.807) is 48.5 Å². The van der Waals surface area contributed by atoms with Gasteiger partial charge in [0.25, 0.3) is 10.0 Å². The molecule has 2 rings (SSSR count). The van der Waals surface area contributed by atoms with E-state index in [9.17, 15) is 8.42 Å². The number of nitrogens with zero attached hydrogens (tertiary/aromatic N) is 1. The second kappa shape index (κ2) is 5.11. The molecule has 0 saturated carbocycles. The predicted octanol–water partition coefficient (Wildman–Crippen LogP) is 2.75. The number of sulfonamides is 1. The fourth-order valence-electron chi connectivity index (χ4n) is 1.67. The van der Waals surface area contributed by atoms with Gasteiger partial charge < -0.3 is 5.73 Å². The van der Waals surface area contributed by atoms with Gasteiger partial charge in [0.2, 0.25) is 0 Å². The summed E-state index contributed by atoms with van der Waals surface area (Å²) >= 11 is 5.89. The summed E-state index contributed by atoms with van der Waals surface area (Å²) in [5, 5.41) is 0.394. The maximum absolute atomic E-state index is 12.4. The van der Waals surface area contributed by atoms with Gasteiger partial charge in [-0.25, -0.2) is 8.42 Å². The highest BCUT2D eigenvalue weighted by molar-refractivity contribution is 7.92. The maximum atomic E-state index is 12.4. The Morgan fingerprint density at radius 1 is 1.11 bits per heavy atom. The molecule has 0 atom stereocenters. The van der Waals surface area contributed by atoms with Crippen LogP contribution in [-0.2, 0) is 10.0 Å². The van der Waals surface area contributed by atoms with Gasteiger partial charge >= 0.3 is 0 Å². The van der Waals surface area contributed by atoms with Crippen LogP contribution in [-0.4, -0.2) is 15.5 Å². The normalized spacial score (nSPS) is 11.3. The first-order valence-corrected chi connectivity index (χ1v) is 7.33. The number of hydrogen-bond acceptors (Lipinski definition) is 3. The van der Waals surface area contributed by atoms with Crippen LogP contribution in [0.15, 0.2) is 53.4 Å². The lowest BCUT2D eigenvalue weighted by atomic mass is 10.3. The lowest BCUT2D eigenvalue weighted by Gasteiger charge is -2.20. The van der Waals surface area contributed by atoms with Gasteiger partial charge in [0.05, 0.1) is 10.6 Å². The molecular weight excluding hydrogens is 284 g/mol. The van der Waals surface area contributed by atoms with Crippen LogP contribution in [0, 0.1) is 0 Å². The molecule has 0 amide bonds. The van der Waals surface area contributed by atoms with Crippen LogP contribution >= 0.6 is 11.6 Å². The first-order valence-electron chi connectivity index (χ1n) is 5.51. The van der Waals surface area contributed by atoms with Crippen molar-refractivity contribution in [1.29, 1.82) is 0 Å². The Bertz CT molecular complexity index is 667. The Balaban J connectivity index is 2.46. The average Bonchev–Trinajstić information content (AvgIpc) is 2.37. The molecule has 0 aliphatic heterocycles. The third kappa shape index (κ3) is 2.83. The minimum absolute atomic E-state index is 0.219. The van der Waals surface area contributed by atoms with Crippen molar-refractivity contribution in [1.82, 2.24) is 0 Å². The number of benzene rings is 2. The number of rotatable bonds is 3. The fourth-order valence-corrected chi connectivity index (χ4v) is 3.11. The Hall–Kier alpha value is -1.72. The van der Waals surface area contributed by atoms with Gasteiger partial charge in [0, 0.05) is 17.8 Å². The zero-order valence-corrected chi connectivity index (χ0v) is 11.8. The standard InChI is InChI=1S/C13H13ClN2O2S/c1-16(12-8-10(14)7-11(15)9-12)19(17,18)13-5-3-2-4-6-13/h2-9H,15H2,1H3. The van der Waals surface area contributed by atoms with Crippen LogP contribution in [0.1, 0.15) is 0 Å². The first-order chi connectivity index (χ1) is 8.91. The van der Waals surface area contributed by atoms with E-state index < -0.39 is 10.0 Å². The third-order valence-electron chi connectivity index (χ3n) is 2.67. The minimum atomic E-state index is -3.61. The lowest BCUT2D eigenvalue weighted by Crippen LogP contribution is -2.26. The number of anilines is 2. The van der Waals surface area contributed by atoms with E-state index in [2.05, 4.69) is 0 Å². The second-order valence-electron chi connectivity index (χ2n) is 4.03. The lowest BCUT2D eigenvalue weighted by molar-refractivity contribution is 0.594. The summed E-state index contributed by atoms with van der Waals surface area (Å²) < 4.78 is 26.0. The number of hydrogen-bond donors (Lipinski definition) is 1. The highest BCUT2D eigenvalue weighted by atomic mass is 35.5. The molecule has 0 spiro atoms. The first kappa shape index (κ1) is 13.7. The van der Waals surface area contributed by atoms with Gasteiger partial charge in [-0.05, 0) is 30.3 Å². The number of nitrogen functional groups attached to an aromatic ring is 1. The van der Waals surface area contributed by atoms with Crippen LogP contribution < -0.4 is 10.0 Å². The summed E-state index contributed by atoms with van der Waals surface area (Å²) in [4.78, 5) is 0.219. The molecule has 0 aliphatic rings. The Morgan fingerprint density at radius 2 is 1.74 bits per heavy atom. The molecule has 0 fully saturated rings. The topological polar surface area (TPSA) is 63.4 Å². The second-order valence-corrected chi connectivity index (χ2v) is 6.43. The monoisotopic (exact) mass is 296 g/mol. The SMILES string of the molecule is CN(c1cc(N)cc(Cl)c1)S(=O)(=O)c1ccccc1. The summed E-state index contributed by atoms with van der Waals surface area (Å²) in [5.41, 5.74) is 6.51. The van der Waals surface area contributed by atoms with Crippen molar-refractivity contribution >= 4 is 33.0 Å². The molecule has 2 aromatic carbocycles. The van der Waals surface area contributed by atoms with Crippen LogP contribution in [0.2, 0.25) is 5.02 Å². The Morgan fingerprint density at radius 3 is 2.32 bits per heavy atom. The average molecular weight is 297 g/mol. The molecule has 4 nitrogen and oxygen atoms in total. The maximum Gasteiger partial charge on any atom is 0.264 e. The van der Waals surface area contributed by atoms with E-state index in [0.717, 1.165) is 4.31 Å². The Kier molecular flexibility index (Phi) is 3.68. The zero-order valence-electron chi connectivity index (χ0n) is 10.2. The molecule has 0 unspecified atom stereocenters. The molecular formula is C13H13ClN2O2S. The van der Waals surface area contributed by atoms with Crippen molar-refractivity contribution in [3.63, 3.8) is 0 Å². The van der Waals surface area contributed by atoms with E-state index in [1.165, 1.54) is 7.05 Å². The van der Waals surface area contributed by atoms with Crippen LogP contribution in [0.5, 0.6) is 0 Å². The zero-order chi connectivity index (χ0) is 14.0. The molecule has 6 heteroatoms. The molecule has 0 aliphatic carbocycles. The molecule has 0 bridgehead atoms. The van der Waals surface area contributed by atoms with Crippen LogP contribution in [0.25, 0.3) is 0 Å². The van der Waals surface area contributed by atoms with Crippen LogP contribution in [0.4, 0.5) is 11.4 Å². The summed E-state index contributed by atoms with van der Waals surface area (Å²) in [6, 6.07) is 12.9. The van der Waals surface area contributed by atoms with Gasteiger partial charge in [-0.2, -0.15) is 0 Å². The van der Waals surface area contributed by atoms with E-state index in [1.807, 2.05) is 0 Å². The quantitative estimate of drug-likeness (QED) is 0.886. The molecule has 19 heavy (non-hydrogen) atoms.